The van der Waals surface area contributed by atoms with E-state index in [4.69, 9.17) is 4.74 Å². The van der Waals surface area contributed by atoms with E-state index in [0.717, 1.165) is 6.42 Å². The van der Waals surface area contributed by atoms with Crippen LogP contribution < -0.4 is 10.9 Å². The summed E-state index contributed by atoms with van der Waals surface area (Å²) in [5.41, 5.74) is 5.68. The van der Waals surface area contributed by atoms with Gasteiger partial charge in [0.25, 0.3) is 5.91 Å². The average molecular weight is 306 g/mol. The van der Waals surface area contributed by atoms with Crippen LogP contribution in [0.3, 0.4) is 0 Å². The van der Waals surface area contributed by atoms with E-state index in [9.17, 15) is 9.59 Å². The van der Waals surface area contributed by atoms with E-state index < -0.39 is 11.7 Å². The van der Waals surface area contributed by atoms with Crippen molar-refractivity contribution in [2.75, 3.05) is 0 Å². The molecule has 0 aromatic heterocycles. The summed E-state index contributed by atoms with van der Waals surface area (Å²) >= 11 is 0. The van der Waals surface area contributed by atoms with Crippen LogP contribution in [0.15, 0.2) is 24.3 Å². The van der Waals surface area contributed by atoms with Crippen LogP contribution in [0.5, 0.6) is 0 Å². The first-order valence-corrected chi connectivity index (χ1v) is 7.45. The lowest BCUT2D eigenvalue weighted by molar-refractivity contribution is 0.0483. The van der Waals surface area contributed by atoms with Gasteiger partial charge in [0.15, 0.2) is 0 Å². The van der Waals surface area contributed by atoms with Crippen LogP contribution in [0, 0.1) is 0 Å². The second-order valence-electron chi connectivity index (χ2n) is 6.90. The standard InChI is InChI=1S/C17H26N2O3/c1-7-17(5,6)13-10-8-12(9-11-13)14(20)18-19-15(21)22-16(2,3)4/h8-11H,7H2,1-6H3,(H,18,20)(H,19,21). The van der Waals surface area contributed by atoms with E-state index in [0.29, 0.717) is 5.56 Å². The molecule has 0 aliphatic heterocycles. The molecular formula is C17H26N2O3. The highest BCUT2D eigenvalue weighted by atomic mass is 16.6. The summed E-state index contributed by atoms with van der Waals surface area (Å²) in [7, 11) is 0. The Morgan fingerprint density at radius 2 is 1.55 bits per heavy atom. The van der Waals surface area contributed by atoms with Gasteiger partial charge in [-0.3, -0.25) is 10.2 Å². The first kappa shape index (κ1) is 18.0. The Bertz CT molecular complexity index is 528. The van der Waals surface area contributed by atoms with E-state index in [1.165, 1.54) is 5.56 Å². The Hall–Kier alpha value is -2.04. The minimum atomic E-state index is -0.690. The first-order valence-electron chi connectivity index (χ1n) is 7.45. The molecule has 0 atom stereocenters. The van der Waals surface area contributed by atoms with Gasteiger partial charge in [0.1, 0.15) is 5.60 Å². The van der Waals surface area contributed by atoms with Gasteiger partial charge >= 0.3 is 6.09 Å². The molecule has 0 saturated heterocycles. The lowest BCUT2D eigenvalue weighted by atomic mass is 9.82. The number of carbonyl (C=O) groups is 2. The summed E-state index contributed by atoms with van der Waals surface area (Å²) in [4.78, 5) is 23.4. The molecule has 2 N–H and O–H groups in total. The molecule has 22 heavy (non-hydrogen) atoms. The van der Waals surface area contributed by atoms with Gasteiger partial charge in [0.2, 0.25) is 0 Å². The van der Waals surface area contributed by atoms with Crippen molar-refractivity contribution in [3.63, 3.8) is 0 Å². The molecule has 1 aromatic rings. The summed E-state index contributed by atoms with van der Waals surface area (Å²) in [5, 5.41) is 0. The third kappa shape index (κ3) is 5.39. The first-order chi connectivity index (χ1) is 10.0. The highest BCUT2D eigenvalue weighted by molar-refractivity contribution is 5.94. The fourth-order valence-electron chi connectivity index (χ4n) is 1.76. The van der Waals surface area contributed by atoms with Crippen molar-refractivity contribution in [2.24, 2.45) is 0 Å². The lowest BCUT2D eigenvalue weighted by Crippen LogP contribution is -2.44. The monoisotopic (exact) mass is 306 g/mol. The predicted octanol–water partition coefficient (Wildman–Crippen LogP) is 3.54. The Balaban J connectivity index is 2.62. The third-order valence-electron chi connectivity index (χ3n) is 3.49. The molecule has 5 nitrogen and oxygen atoms in total. The van der Waals surface area contributed by atoms with E-state index in [-0.39, 0.29) is 11.3 Å². The van der Waals surface area contributed by atoms with E-state index in [1.54, 1.807) is 32.9 Å². The SMILES string of the molecule is CCC(C)(C)c1ccc(C(=O)NNC(=O)OC(C)(C)C)cc1. The summed E-state index contributed by atoms with van der Waals surface area (Å²) < 4.78 is 5.04. The lowest BCUT2D eigenvalue weighted by Gasteiger charge is -2.23. The van der Waals surface area contributed by atoms with Crippen LogP contribution in [-0.2, 0) is 10.2 Å². The number of rotatable bonds is 3. The van der Waals surface area contributed by atoms with Crippen molar-refractivity contribution in [1.29, 1.82) is 0 Å². The molecule has 122 valence electrons. The van der Waals surface area contributed by atoms with Crippen molar-refractivity contribution in [1.82, 2.24) is 10.9 Å². The smallest absolute Gasteiger partial charge is 0.426 e. The normalized spacial score (nSPS) is 11.7. The third-order valence-corrected chi connectivity index (χ3v) is 3.49. The van der Waals surface area contributed by atoms with Crippen LogP contribution in [-0.4, -0.2) is 17.6 Å². The minimum Gasteiger partial charge on any atom is -0.443 e. The second-order valence-corrected chi connectivity index (χ2v) is 6.90. The maximum Gasteiger partial charge on any atom is 0.426 e. The van der Waals surface area contributed by atoms with Crippen molar-refractivity contribution in [2.45, 2.75) is 59.0 Å². The minimum absolute atomic E-state index is 0.0732. The molecule has 0 radical (unpaired) electrons. The number of hydrazine groups is 1. The zero-order valence-corrected chi connectivity index (χ0v) is 14.2. The molecule has 1 rings (SSSR count). The fraction of sp³-hybridized carbons (Fsp3) is 0.529. The number of hydrogen-bond donors (Lipinski definition) is 2. The molecule has 1 aromatic carbocycles. The summed E-state index contributed by atoms with van der Waals surface area (Å²) in [5.74, 6) is -0.383. The summed E-state index contributed by atoms with van der Waals surface area (Å²) in [6, 6.07) is 7.37. The van der Waals surface area contributed by atoms with Crippen molar-refractivity contribution in [3.8, 4) is 0 Å². The molecule has 0 fully saturated rings. The molecule has 0 saturated carbocycles. The molecule has 0 heterocycles. The Morgan fingerprint density at radius 3 is 2.00 bits per heavy atom. The number of carbonyl (C=O) groups excluding carboxylic acids is 2. The molecule has 0 unspecified atom stereocenters. The quantitative estimate of drug-likeness (QED) is 0.839. The van der Waals surface area contributed by atoms with E-state index >= 15 is 0 Å². The number of hydrogen-bond acceptors (Lipinski definition) is 3. The number of ether oxygens (including phenoxy) is 1. The van der Waals surface area contributed by atoms with Crippen LogP contribution in [0.1, 0.15) is 63.9 Å². The number of amides is 2. The van der Waals surface area contributed by atoms with Crippen molar-refractivity contribution >= 4 is 12.0 Å². The van der Waals surface area contributed by atoms with Crippen molar-refractivity contribution < 1.29 is 14.3 Å². The molecule has 0 bridgehead atoms. The van der Waals surface area contributed by atoms with Gasteiger partial charge in [-0.2, -0.15) is 0 Å². The van der Waals surface area contributed by atoms with E-state index in [2.05, 4.69) is 31.6 Å². The molecule has 0 aliphatic carbocycles. The van der Waals surface area contributed by atoms with Gasteiger partial charge < -0.3 is 4.74 Å². The number of benzene rings is 1. The zero-order chi connectivity index (χ0) is 17.0. The summed E-state index contributed by atoms with van der Waals surface area (Å²) in [6.07, 6.45) is 0.322. The maximum absolute atomic E-state index is 12.0. The second kappa shape index (κ2) is 6.81. The van der Waals surface area contributed by atoms with Gasteiger partial charge in [-0.25, -0.2) is 10.2 Å². The topological polar surface area (TPSA) is 67.4 Å². The predicted molar refractivity (Wildman–Crippen MR) is 86.6 cm³/mol. The number of nitrogens with one attached hydrogen (secondary N) is 2. The van der Waals surface area contributed by atoms with Gasteiger partial charge in [0, 0.05) is 5.56 Å². The Kier molecular flexibility index (Phi) is 5.58. The molecule has 2 amide bonds. The van der Waals surface area contributed by atoms with Gasteiger partial charge in [0.05, 0.1) is 0 Å². The van der Waals surface area contributed by atoms with Crippen LogP contribution in [0.2, 0.25) is 0 Å². The Morgan fingerprint density at radius 1 is 1.00 bits per heavy atom. The average Bonchev–Trinajstić information content (AvgIpc) is 2.43. The van der Waals surface area contributed by atoms with Crippen LogP contribution in [0.25, 0.3) is 0 Å². The van der Waals surface area contributed by atoms with Gasteiger partial charge in [-0.1, -0.05) is 32.9 Å². The maximum atomic E-state index is 12.0. The largest absolute Gasteiger partial charge is 0.443 e. The fourth-order valence-corrected chi connectivity index (χ4v) is 1.76. The van der Waals surface area contributed by atoms with E-state index in [1.807, 2.05) is 12.1 Å². The molecular weight excluding hydrogens is 280 g/mol. The summed E-state index contributed by atoms with van der Waals surface area (Å²) in [6.45, 7) is 11.7. The van der Waals surface area contributed by atoms with Gasteiger partial charge in [-0.15, -0.1) is 0 Å². The highest BCUT2D eigenvalue weighted by Crippen LogP contribution is 2.26. The van der Waals surface area contributed by atoms with Crippen LogP contribution in [0.4, 0.5) is 4.79 Å². The van der Waals surface area contributed by atoms with Crippen molar-refractivity contribution in [3.05, 3.63) is 35.4 Å². The van der Waals surface area contributed by atoms with Gasteiger partial charge in [-0.05, 0) is 50.3 Å². The molecule has 5 heteroatoms. The Labute approximate surface area is 132 Å². The van der Waals surface area contributed by atoms with Crippen LogP contribution >= 0.6 is 0 Å². The molecule has 0 aliphatic rings. The zero-order valence-electron chi connectivity index (χ0n) is 14.2. The molecule has 0 spiro atoms. The highest BCUT2D eigenvalue weighted by Gasteiger charge is 2.19.